The quantitative estimate of drug-likeness (QED) is 0.153. The van der Waals surface area contributed by atoms with Crippen LogP contribution in [-0.2, 0) is 31.1 Å². The largest absolute Gasteiger partial charge is 0.491 e. The van der Waals surface area contributed by atoms with Crippen LogP contribution in [0.1, 0.15) is 53.9 Å². The molecule has 9 rings (SSSR count). The first-order chi connectivity index (χ1) is 27.4. The van der Waals surface area contributed by atoms with Gasteiger partial charge in [0.15, 0.2) is 11.6 Å². The van der Waals surface area contributed by atoms with Crippen LogP contribution in [0, 0.1) is 23.7 Å². The number of carbonyl (C=O) groups excluding carboxylic acids is 4. The number of allylic oxidation sites excluding steroid dienone is 4. The number of piperidine rings is 1. The molecule has 0 unspecified atom stereocenters. The summed E-state index contributed by atoms with van der Waals surface area (Å²) in [6, 6.07) is 36.6. The van der Waals surface area contributed by atoms with E-state index in [1.807, 2.05) is 103 Å². The third-order valence-corrected chi connectivity index (χ3v) is 13.2. The van der Waals surface area contributed by atoms with Crippen molar-refractivity contribution < 1.29 is 29.0 Å². The minimum atomic E-state index is -1.35. The molecule has 8 heteroatoms. The summed E-state index contributed by atoms with van der Waals surface area (Å²) in [6.45, 7) is 2.27. The van der Waals surface area contributed by atoms with Crippen molar-refractivity contribution in [2.45, 2.75) is 49.6 Å². The van der Waals surface area contributed by atoms with Crippen molar-refractivity contribution in [3.63, 3.8) is 0 Å². The number of imide groups is 1. The van der Waals surface area contributed by atoms with Crippen molar-refractivity contribution in [2.75, 3.05) is 26.3 Å². The fraction of sp³-hybridized carbons (Fsp3) is 0.333. The lowest BCUT2D eigenvalue weighted by molar-refractivity contribution is -0.144. The lowest BCUT2D eigenvalue weighted by Gasteiger charge is -2.55. The molecule has 8 nitrogen and oxygen atoms in total. The van der Waals surface area contributed by atoms with Crippen LogP contribution < -0.4 is 4.74 Å². The zero-order valence-corrected chi connectivity index (χ0v) is 31.3. The summed E-state index contributed by atoms with van der Waals surface area (Å²) in [5.74, 6) is -3.17. The highest BCUT2D eigenvalue weighted by Crippen LogP contribution is 2.64. The second-order valence-corrected chi connectivity index (χ2v) is 15.9. The molecule has 1 saturated carbocycles. The van der Waals surface area contributed by atoms with Crippen molar-refractivity contribution in [3.8, 4) is 5.75 Å². The molecular weight excluding hydrogens is 701 g/mol. The molecule has 4 aromatic carbocycles. The number of benzene rings is 4. The Morgan fingerprint density at radius 2 is 1.41 bits per heavy atom. The maximum absolute atomic E-state index is 15.3. The fourth-order valence-electron chi connectivity index (χ4n) is 10.8. The first-order valence-electron chi connectivity index (χ1n) is 20.0. The lowest BCUT2D eigenvalue weighted by Crippen LogP contribution is -2.59. The normalized spacial score (nSPS) is 27.9. The van der Waals surface area contributed by atoms with Gasteiger partial charge in [0.05, 0.1) is 23.9 Å². The minimum Gasteiger partial charge on any atom is -0.491 e. The number of ketones is 2. The van der Waals surface area contributed by atoms with Gasteiger partial charge in [-0.25, -0.2) is 0 Å². The van der Waals surface area contributed by atoms with E-state index >= 15 is 9.59 Å². The average molecular weight is 747 g/mol. The number of rotatable bonds is 9. The van der Waals surface area contributed by atoms with Crippen molar-refractivity contribution in [3.05, 3.63) is 155 Å². The molecule has 0 spiro atoms. The second-order valence-electron chi connectivity index (χ2n) is 15.9. The number of hydrogen-bond acceptors (Lipinski definition) is 7. The zero-order valence-electron chi connectivity index (χ0n) is 31.3. The van der Waals surface area contributed by atoms with Gasteiger partial charge in [-0.15, -0.1) is 0 Å². The van der Waals surface area contributed by atoms with E-state index in [1.54, 1.807) is 4.90 Å². The number of amides is 2. The first-order valence-corrected chi connectivity index (χ1v) is 20.0. The highest BCUT2D eigenvalue weighted by atomic mass is 16.5. The minimum absolute atomic E-state index is 0.0513. The molecule has 6 atom stereocenters. The summed E-state index contributed by atoms with van der Waals surface area (Å²) in [4.78, 5) is 63.9. The molecule has 4 aromatic rings. The molecule has 3 aliphatic carbocycles. The van der Waals surface area contributed by atoms with E-state index in [4.69, 9.17) is 4.74 Å². The summed E-state index contributed by atoms with van der Waals surface area (Å²) < 4.78 is 6.18. The number of nitrogens with zero attached hydrogens (tertiary/aromatic N) is 2. The number of para-hydroxylation sites is 1. The topological polar surface area (TPSA) is 104 Å². The van der Waals surface area contributed by atoms with Gasteiger partial charge >= 0.3 is 0 Å². The Bertz CT molecular complexity index is 2210. The van der Waals surface area contributed by atoms with E-state index in [0.717, 1.165) is 36.3 Å². The van der Waals surface area contributed by atoms with Gasteiger partial charge in [0, 0.05) is 48.6 Å². The molecule has 0 radical (unpaired) electrons. The molecule has 2 heterocycles. The number of hydrogen-bond donors (Lipinski definition) is 1. The molecule has 0 bridgehead atoms. The molecule has 1 N–H and O–H groups in total. The van der Waals surface area contributed by atoms with Crippen molar-refractivity contribution in [1.29, 1.82) is 0 Å². The van der Waals surface area contributed by atoms with Gasteiger partial charge in [0.25, 0.3) is 0 Å². The summed E-state index contributed by atoms with van der Waals surface area (Å²) in [7, 11) is 0. The number of likely N-dealkylation sites (tertiary alicyclic amines) is 2. The van der Waals surface area contributed by atoms with Crippen molar-refractivity contribution in [1.82, 2.24) is 9.80 Å². The Labute approximate surface area is 327 Å². The van der Waals surface area contributed by atoms with Gasteiger partial charge in [0.2, 0.25) is 11.8 Å². The summed E-state index contributed by atoms with van der Waals surface area (Å²) in [5.41, 5.74) is 3.30. The number of Topliss-reactive ketones (excluding diaryl/α,β-unsaturated/α-hetero) is 1. The first kappa shape index (κ1) is 36.2. The maximum Gasteiger partial charge on any atom is 0.233 e. The van der Waals surface area contributed by atoms with Crippen molar-refractivity contribution >= 4 is 29.0 Å². The molecule has 2 aliphatic heterocycles. The highest BCUT2D eigenvalue weighted by molar-refractivity contribution is 6.31. The second kappa shape index (κ2) is 14.9. The van der Waals surface area contributed by atoms with Gasteiger partial charge in [-0.3, -0.25) is 29.0 Å². The predicted molar refractivity (Wildman–Crippen MR) is 212 cm³/mol. The summed E-state index contributed by atoms with van der Waals surface area (Å²) in [6.07, 6.45) is 5.70. The Kier molecular flexibility index (Phi) is 9.64. The van der Waals surface area contributed by atoms with Crippen LogP contribution in [0.3, 0.4) is 0 Å². The molecule has 2 amide bonds. The molecule has 3 fully saturated rings. The monoisotopic (exact) mass is 746 g/mol. The van der Waals surface area contributed by atoms with Crippen LogP contribution in [0.5, 0.6) is 5.75 Å². The number of aliphatic hydroxyl groups is 1. The third kappa shape index (κ3) is 5.89. The fourth-order valence-corrected chi connectivity index (χ4v) is 10.8. The van der Waals surface area contributed by atoms with Crippen LogP contribution in [0.4, 0.5) is 0 Å². The maximum atomic E-state index is 15.3. The van der Waals surface area contributed by atoms with Gasteiger partial charge in [-0.2, -0.15) is 0 Å². The van der Waals surface area contributed by atoms with Crippen LogP contribution in [-0.4, -0.2) is 70.6 Å². The van der Waals surface area contributed by atoms with Gasteiger partial charge in [-0.1, -0.05) is 121 Å². The van der Waals surface area contributed by atoms with E-state index in [2.05, 4.69) is 23.1 Å². The SMILES string of the molecule is O=C1C(c2ccccc2)=CC(=O)[C@@]2(c3ccccc3)[C@@H](c3ccccc3OCCO)C3=CC[C@@H]4C(=O)N(C5CCN(Cc6ccccc6)CC5)C(=O)[C@@H]4[C@@H]3C[C@@H]12. The number of aliphatic hydroxyl groups excluding tert-OH is 1. The average Bonchev–Trinajstić information content (AvgIpc) is 3.50. The molecule has 0 aromatic heterocycles. The van der Waals surface area contributed by atoms with Crippen LogP contribution in [0.25, 0.3) is 5.57 Å². The third-order valence-electron chi connectivity index (χ3n) is 13.2. The number of carbonyl (C=O) groups is 4. The molecular formula is C48H46N2O6. The Hall–Kier alpha value is -5.44. The Morgan fingerprint density at radius 1 is 0.750 bits per heavy atom. The standard InChI is InChI=1S/C48H46N2O6/c51-26-27-56-41-19-11-10-18-36(41)44-35-20-21-37-43(47(55)50(46(37)54)34-22-24-49(25-23-34)30-31-12-4-1-5-13-31)39(35)28-40-45(53)38(32-14-6-2-7-15-32)29-42(52)48(40,44)33-16-8-3-9-17-33/h1-20,29,34,37,39-40,43-44,51H,21-28,30H2/t37-,39+,40-,43-,44+,48-/m0/s1. The Balaban J connectivity index is 1.14. The molecule has 56 heavy (non-hydrogen) atoms. The highest BCUT2D eigenvalue weighted by Gasteiger charge is 2.66. The van der Waals surface area contributed by atoms with Gasteiger partial charge < -0.3 is 9.84 Å². The molecule has 2 saturated heterocycles. The van der Waals surface area contributed by atoms with E-state index in [0.29, 0.717) is 36.1 Å². The summed E-state index contributed by atoms with van der Waals surface area (Å²) >= 11 is 0. The Morgan fingerprint density at radius 3 is 2.12 bits per heavy atom. The van der Waals surface area contributed by atoms with Crippen LogP contribution in [0.15, 0.2) is 133 Å². The predicted octanol–water partition coefficient (Wildman–Crippen LogP) is 6.55. The van der Waals surface area contributed by atoms with E-state index in [1.165, 1.54) is 11.6 Å². The number of ether oxygens (including phenoxy) is 1. The lowest BCUT2D eigenvalue weighted by atomic mass is 9.44. The van der Waals surface area contributed by atoms with Gasteiger partial charge in [-0.05, 0) is 60.4 Å². The molecule has 5 aliphatic rings. The van der Waals surface area contributed by atoms with Crippen LogP contribution >= 0.6 is 0 Å². The van der Waals surface area contributed by atoms with Gasteiger partial charge in [0.1, 0.15) is 12.4 Å². The summed E-state index contributed by atoms with van der Waals surface area (Å²) in [5, 5.41) is 9.80. The van der Waals surface area contributed by atoms with Crippen LogP contribution in [0.2, 0.25) is 0 Å². The van der Waals surface area contributed by atoms with Crippen molar-refractivity contribution in [2.24, 2.45) is 23.7 Å². The van der Waals surface area contributed by atoms with E-state index < -0.39 is 35.0 Å². The number of fused-ring (bicyclic) bond motifs is 4. The molecule has 284 valence electrons. The van der Waals surface area contributed by atoms with E-state index in [9.17, 15) is 14.7 Å². The zero-order chi connectivity index (χ0) is 38.4. The smallest absolute Gasteiger partial charge is 0.233 e. The van der Waals surface area contributed by atoms with E-state index in [-0.39, 0.29) is 49.1 Å².